The van der Waals surface area contributed by atoms with Gasteiger partial charge in [0.15, 0.2) is 5.75 Å². The van der Waals surface area contributed by atoms with E-state index in [2.05, 4.69) is 5.32 Å². The lowest BCUT2D eigenvalue weighted by Crippen LogP contribution is -2.31. The van der Waals surface area contributed by atoms with Crippen molar-refractivity contribution in [1.29, 1.82) is 0 Å². The average Bonchev–Trinajstić information content (AvgIpc) is 2.39. The van der Waals surface area contributed by atoms with E-state index in [0.29, 0.717) is 12.3 Å². The molecule has 0 aliphatic rings. The van der Waals surface area contributed by atoms with Crippen LogP contribution in [0.1, 0.15) is 19.0 Å². The van der Waals surface area contributed by atoms with E-state index >= 15 is 0 Å². The molecule has 0 radical (unpaired) electrons. The van der Waals surface area contributed by atoms with Crippen molar-refractivity contribution in [3.05, 3.63) is 28.2 Å². The molecule has 110 valence electrons. The van der Waals surface area contributed by atoms with Gasteiger partial charge in [-0.2, -0.15) is 0 Å². The van der Waals surface area contributed by atoms with Gasteiger partial charge in [0, 0.05) is 25.9 Å². The van der Waals surface area contributed by atoms with E-state index in [1.807, 2.05) is 0 Å². The first-order chi connectivity index (χ1) is 9.45. The maximum atomic E-state index is 11.6. The Morgan fingerprint density at radius 2 is 2.10 bits per heavy atom. The number of nitrogens with one attached hydrogen (secondary N) is 1. The minimum Gasteiger partial charge on any atom is -0.466 e. The van der Waals surface area contributed by atoms with Crippen molar-refractivity contribution >= 4 is 12.1 Å². The number of esters is 1. The third-order valence-corrected chi connectivity index (χ3v) is 2.63. The zero-order valence-corrected chi connectivity index (χ0v) is 11.8. The molecule has 1 amide bonds. The summed E-state index contributed by atoms with van der Waals surface area (Å²) >= 11 is 0. The minimum atomic E-state index is -0.777. The maximum Gasteiger partial charge on any atom is 0.412 e. The van der Waals surface area contributed by atoms with E-state index in [1.165, 1.54) is 6.07 Å². The molecule has 0 atom stereocenters. The van der Waals surface area contributed by atoms with Gasteiger partial charge in [-0.25, -0.2) is 4.79 Å². The Bertz CT molecular complexity index is 550. The van der Waals surface area contributed by atoms with Crippen LogP contribution in [0.4, 0.5) is 4.79 Å². The number of pyridine rings is 1. The number of carbonyl (C=O) groups excluding carboxylic acids is 2. The Morgan fingerprint density at radius 3 is 2.75 bits per heavy atom. The van der Waals surface area contributed by atoms with Gasteiger partial charge in [0.1, 0.15) is 0 Å². The van der Waals surface area contributed by atoms with E-state index in [-0.39, 0.29) is 24.1 Å². The monoisotopic (exact) mass is 282 g/mol. The second kappa shape index (κ2) is 7.32. The number of carbonyl (C=O) groups is 2. The average molecular weight is 282 g/mol. The lowest BCUT2D eigenvalue weighted by molar-refractivity contribution is -0.142. The van der Waals surface area contributed by atoms with E-state index in [1.54, 1.807) is 31.7 Å². The Morgan fingerprint density at radius 1 is 1.40 bits per heavy atom. The molecule has 7 nitrogen and oxygen atoms in total. The van der Waals surface area contributed by atoms with Crippen molar-refractivity contribution in [3.63, 3.8) is 0 Å². The van der Waals surface area contributed by atoms with Crippen molar-refractivity contribution in [1.82, 2.24) is 9.88 Å². The van der Waals surface area contributed by atoms with Gasteiger partial charge in [0.05, 0.1) is 18.7 Å². The molecule has 0 saturated carbocycles. The molecule has 20 heavy (non-hydrogen) atoms. The van der Waals surface area contributed by atoms with Crippen LogP contribution >= 0.6 is 0 Å². The van der Waals surface area contributed by atoms with Crippen molar-refractivity contribution in [2.75, 3.05) is 13.2 Å². The summed E-state index contributed by atoms with van der Waals surface area (Å²) in [6.07, 6.45) is 0.860. The Kier molecular flexibility index (Phi) is 5.76. The van der Waals surface area contributed by atoms with Crippen LogP contribution in [-0.4, -0.2) is 29.8 Å². The first-order valence-corrected chi connectivity index (χ1v) is 6.23. The summed E-state index contributed by atoms with van der Waals surface area (Å²) in [5.74, 6) is -0.428. The highest BCUT2D eigenvalue weighted by atomic mass is 16.6. The molecule has 1 N–H and O–H groups in total. The fourth-order valence-electron chi connectivity index (χ4n) is 1.46. The van der Waals surface area contributed by atoms with Gasteiger partial charge >= 0.3 is 12.1 Å². The molecule has 0 saturated heterocycles. The lowest BCUT2D eigenvalue weighted by atomic mass is 10.3. The smallest absolute Gasteiger partial charge is 0.412 e. The predicted octanol–water partition coefficient (Wildman–Crippen LogP) is 0.735. The van der Waals surface area contributed by atoms with Gasteiger partial charge in [-0.3, -0.25) is 9.59 Å². The summed E-state index contributed by atoms with van der Waals surface area (Å²) in [5.41, 5.74) is 0.166. The number of aromatic nitrogens is 1. The molecular weight excluding hydrogens is 264 g/mol. The SMILES string of the molecule is CCOC(=O)CCNC(=O)Oc1c(C)n(C)ccc1=O. The van der Waals surface area contributed by atoms with Crippen LogP contribution in [0.25, 0.3) is 0 Å². The first kappa shape index (κ1) is 15.7. The highest BCUT2D eigenvalue weighted by Crippen LogP contribution is 2.10. The number of rotatable bonds is 5. The number of nitrogens with zero attached hydrogens (tertiary/aromatic N) is 1. The van der Waals surface area contributed by atoms with Crippen molar-refractivity contribution in [2.24, 2.45) is 7.05 Å². The van der Waals surface area contributed by atoms with E-state index in [9.17, 15) is 14.4 Å². The maximum absolute atomic E-state index is 11.6. The summed E-state index contributed by atoms with van der Waals surface area (Å²) in [6.45, 7) is 3.75. The van der Waals surface area contributed by atoms with Crippen LogP contribution in [-0.2, 0) is 16.6 Å². The lowest BCUT2D eigenvalue weighted by Gasteiger charge is -2.10. The number of hydrogen-bond donors (Lipinski definition) is 1. The minimum absolute atomic E-state index is 0.0244. The van der Waals surface area contributed by atoms with Gasteiger partial charge in [0.25, 0.3) is 0 Å². The molecule has 0 fully saturated rings. The third-order valence-electron chi connectivity index (χ3n) is 2.63. The summed E-state index contributed by atoms with van der Waals surface area (Å²) in [6, 6.07) is 1.31. The van der Waals surface area contributed by atoms with Crippen molar-refractivity contribution < 1.29 is 19.1 Å². The van der Waals surface area contributed by atoms with Gasteiger partial charge < -0.3 is 19.4 Å². The molecule has 0 unspecified atom stereocenters. The number of ether oxygens (including phenoxy) is 2. The summed E-state index contributed by atoms with van der Waals surface area (Å²) in [7, 11) is 1.74. The van der Waals surface area contributed by atoms with Crippen LogP contribution in [0.15, 0.2) is 17.1 Å². The summed E-state index contributed by atoms with van der Waals surface area (Å²) in [5, 5.41) is 2.38. The quantitative estimate of drug-likeness (QED) is 0.805. The van der Waals surface area contributed by atoms with Crippen LogP contribution in [0.5, 0.6) is 5.75 Å². The topological polar surface area (TPSA) is 86.6 Å². The molecule has 1 aromatic heterocycles. The number of hydrogen-bond acceptors (Lipinski definition) is 5. The molecule has 0 bridgehead atoms. The molecule has 0 aliphatic heterocycles. The van der Waals surface area contributed by atoms with Crippen LogP contribution in [0.3, 0.4) is 0 Å². The van der Waals surface area contributed by atoms with Crippen molar-refractivity contribution in [2.45, 2.75) is 20.3 Å². The van der Waals surface area contributed by atoms with E-state index in [0.717, 1.165) is 0 Å². The molecule has 1 aromatic rings. The summed E-state index contributed by atoms with van der Waals surface area (Å²) < 4.78 is 11.3. The Balaban J connectivity index is 2.53. The largest absolute Gasteiger partial charge is 0.466 e. The van der Waals surface area contributed by atoms with Gasteiger partial charge in [-0.15, -0.1) is 0 Å². The van der Waals surface area contributed by atoms with Crippen LogP contribution in [0.2, 0.25) is 0 Å². The standard InChI is InChI=1S/C13H18N2O5/c1-4-19-11(17)5-7-14-13(18)20-12-9(2)15(3)8-6-10(12)16/h6,8H,4-5,7H2,1-3H3,(H,14,18). The zero-order valence-electron chi connectivity index (χ0n) is 11.8. The van der Waals surface area contributed by atoms with Crippen molar-refractivity contribution in [3.8, 4) is 5.75 Å². The molecule has 0 spiro atoms. The van der Waals surface area contributed by atoms with E-state index < -0.39 is 12.1 Å². The van der Waals surface area contributed by atoms with Gasteiger partial charge in [-0.1, -0.05) is 0 Å². The second-order valence-corrected chi connectivity index (χ2v) is 4.08. The molecule has 1 rings (SSSR count). The number of amides is 1. The van der Waals surface area contributed by atoms with Crippen LogP contribution < -0.4 is 15.5 Å². The van der Waals surface area contributed by atoms with E-state index in [4.69, 9.17) is 9.47 Å². The molecule has 1 heterocycles. The highest BCUT2D eigenvalue weighted by molar-refractivity contribution is 5.73. The van der Waals surface area contributed by atoms with Gasteiger partial charge in [-0.05, 0) is 13.8 Å². The second-order valence-electron chi connectivity index (χ2n) is 4.08. The third kappa shape index (κ3) is 4.42. The highest BCUT2D eigenvalue weighted by Gasteiger charge is 2.12. The Hall–Kier alpha value is -2.31. The molecular formula is C13H18N2O5. The fraction of sp³-hybridized carbons (Fsp3) is 0.462. The molecule has 0 aromatic carbocycles. The fourth-order valence-corrected chi connectivity index (χ4v) is 1.46. The Labute approximate surface area is 116 Å². The van der Waals surface area contributed by atoms with Crippen LogP contribution in [0, 0.1) is 6.92 Å². The predicted molar refractivity (Wildman–Crippen MR) is 71.7 cm³/mol. The number of aryl methyl sites for hydroxylation is 1. The molecule has 0 aliphatic carbocycles. The van der Waals surface area contributed by atoms with Gasteiger partial charge in [0.2, 0.25) is 5.43 Å². The zero-order chi connectivity index (χ0) is 15.1. The normalized spacial score (nSPS) is 9.95. The first-order valence-electron chi connectivity index (χ1n) is 6.23. The summed E-state index contributed by atoms with van der Waals surface area (Å²) in [4.78, 5) is 34.2. The molecule has 7 heteroatoms.